The Bertz CT molecular complexity index is 864. The molecule has 2 aromatic rings. The van der Waals surface area contributed by atoms with Gasteiger partial charge in [-0.2, -0.15) is 13.2 Å². The maximum atomic E-state index is 12.8. The number of carbonyl (C=O) groups excluding carboxylic acids is 2. The van der Waals surface area contributed by atoms with E-state index in [9.17, 15) is 22.8 Å². The molecule has 0 atom stereocenters. The molecule has 0 saturated heterocycles. The van der Waals surface area contributed by atoms with E-state index in [0.29, 0.717) is 12.8 Å². The Morgan fingerprint density at radius 3 is 2.37 bits per heavy atom. The van der Waals surface area contributed by atoms with Crippen molar-refractivity contribution in [1.29, 1.82) is 0 Å². The number of hydrogen-bond donors (Lipinski definition) is 1. The summed E-state index contributed by atoms with van der Waals surface area (Å²) in [7, 11) is 0. The molecule has 4 nitrogen and oxygen atoms in total. The highest BCUT2D eigenvalue weighted by Gasteiger charge is 2.52. The Hall–Kier alpha value is -2.54. The van der Waals surface area contributed by atoms with Crippen molar-refractivity contribution in [3.05, 3.63) is 64.7 Å². The fraction of sp³-hybridized carbons (Fsp3) is 0.263. The standard InChI is InChI=1S/C19H15ClF3NO3/c20-14-7-6-13(19(21,22)23)10-15(14)24-16(25)11-27-17(26)18(8-9-18)12-4-2-1-3-5-12/h1-7,10H,8-9,11H2,(H,24,25). The van der Waals surface area contributed by atoms with Crippen LogP contribution >= 0.6 is 11.6 Å². The fourth-order valence-electron chi connectivity index (χ4n) is 2.75. The molecule has 8 heteroatoms. The molecule has 142 valence electrons. The topological polar surface area (TPSA) is 55.4 Å². The molecular formula is C19H15ClF3NO3. The minimum absolute atomic E-state index is 0.0503. The first-order valence-corrected chi connectivity index (χ1v) is 8.49. The highest BCUT2D eigenvalue weighted by atomic mass is 35.5. The van der Waals surface area contributed by atoms with Gasteiger partial charge in [-0.25, -0.2) is 0 Å². The van der Waals surface area contributed by atoms with Gasteiger partial charge in [-0.05, 0) is 36.6 Å². The monoisotopic (exact) mass is 397 g/mol. The summed E-state index contributed by atoms with van der Waals surface area (Å²) in [6, 6.07) is 11.7. The van der Waals surface area contributed by atoms with Crippen molar-refractivity contribution in [2.24, 2.45) is 0 Å². The van der Waals surface area contributed by atoms with Crippen LogP contribution in [0.15, 0.2) is 48.5 Å². The molecule has 0 spiro atoms. The van der Waals surface area contributed by atoms with E-state index in [2.05, 4.69) is 5.32 Å². The minimum Gasteiger partial charge on any atom is -0.455 e. The second-order valence-electron chi connectivity index (χ2n) is 6.26. The van der Waals surface area contributed by atoms with Crippen LogP contribution in [0.5, 0.6) is 0 Å². The number of esters is 1. The maximum Gasteiger partial charge on any atom is 0.416 e. The molecule has 2 aromatic carbocycles. The first-order valence-electron chi connectivity index (χ1n) is 8.12. The zero-order chi connectivity index (χ0) is 19.7. The molecule has 3 rings (SSSR count). The molecular weight excluding hydrogens is 383 g/mol. The third kappa shape index (κ3) is 4.24. The van der Waals surface area contributed by atoms with Crippen molar-refractivity contribution in [2.75, 3.05) is 11.9 Å². The molecule has 0 bridgehead atoms. The zero-order valence-corrected chi connectivity index (χ0v) is 14.7. The summed E-state index contributed by atoms with van der Waals surface area (Å²) < 4.78 is 43.4. The number of ether oxygens (including phenoxy) is 1. The molecule has 1 amide bonds. The lowest BCUT2D eigenvalue weighted by molar-refractivity contribution is -0.150. The van der Waals surface area contributed by atoms with Crippen LogP contribution in [0, 0.1) is 0 Å². The number of hydrogen-bond acceptors (Lipinski definition) is 3. The van der Waals surface area contributed by atoms with Gasteiger partial charge in [0.15, 0.2) is 6.61 Å². The molecule has 0 heterocycles. The first-order chi connectivity index (χ1) is 12.7. The number of carbonyl (C=O) groups is 2. The van der Waals surface area contributed by atoms with Gasteiger partial charge in [0.1, 0.15) is 0 Å². The third-order valence-corrected chi connectivity index (χ3v) is 4.70. The second-order valence-corrected chi connectivity index (χ2v) is 6.67. The number of anilines is 1. The Kier molecular flexibility index (Phi) is 5.15. The number of halogens is 4. The second kappa shape index (κ2) is 7.23. The zero-order valence-electron chi connectivity index (χ0n) is 14.0. The van der Waals surface area contributed by atoms with E-state index in [1.54, 1.807) is 0 Å². The normalized spacial score (nSPS) is 15.1. The summed E-state index contributed by atoms with van der Waals surface area (Å²) in [4.78, 5) is 24.3. The van der Waals surface area contributed by atoms with Crippen LogP contribution in [0.25, 0.3) is 0 Å². The first kappa shape index (κ1) is 19.2. The van der Waals surface area contributed by atoms with Crippen LogP contribution in [0.1, 0.15) is 24.0 Å². The van der Waals surface area contributed by atoms with Crippen LogP contribution in [-0.4, -0.2) is 18.5 Å². The summed E-state index contributed by atoms with van der Waals surface area (Å²) in [5.41, 5.74) is -1.07. The lowest BCUT2D eigenvalue weighted by Crippen LogP contribution is -2.28. The van der Waals surface area contributed by atoms with Crippen molar-refractivity contribution in [3.63, 3.8) is 0 Å². The number of rotatable bonds is 5. The highest BCUT2D eigenvalue weighted by Crippen LogP contribution is 2.49. The molecule has 27 heavy (non-hydrogen) atoms. The van der Waals surface area contributed by atoms with Gasteiger partial charge in [-0.3, -0.25) is 9.59 Å². The number of nitrogens with one attached hydrogen (secondary N) is 1. The third-order valence-electron chi connectivity index (χ3n) is 4.37. The summed E-state index contributed by atoms with van der Waals surface area (Å²) in [5, 5.41) is 2.19. The quantitative estimate of drug-likeness (QED) is 0.752. The molecule has 0 radical (unpaired) electrons. The Morgan fingerprint density at radius 1 is 1.11 bits per heavy atom. The van der Waals surface area contributed by atoms with Crippen molar-refractivity contribution in [1.82, 2.24) is 0 Å². The maximum absolute atomic E-state index is 12.8. The predicted octanol–water partition coefficient (Wildman–Crippen LogP) is 4.57. The SMILES string of the molecule is O=C(COC(=O)C1(c2ccccc2)CC1)Nc1cc(C(F)(F)F)ccc1Cl. The van der Waals surface area contributed by atoms with Gasteiger partial charge in [-0.15, -0.1) is 0 Å². The van der Waals surface area contributed by atoms with Crippen molar-refractivity contribution in [3.8, 4) is 0 Å². The predicted molar refractivity (Wildman–Crippen MR) is 93.4 cm³/mol. The molecule has 1 fully saturated rings. The number of alkyl halides is 3. The summed E-state index contributed by atoms with van der Waals surface area (Å²) >= 11 is 5.83. The molecule has 1 saturated carbocycles. The number of benzene rings is 2. The summed E-state index contributed by atoms with van der Waals surface area (Å²) in [5.74, 6) is -1.30. The Labute approximate surface area is 158 Å². The van der Waals surface area contributed by atoms with Gasteiger partial charge in [0.05, 0.1) is 21.7 Å². The molecule has 1 N–H and O–H groups in total. The van der Waals surface area contributed by atoms with Crippen LogP contribution in [0.2, 0.25) is 5.02 Å². The van der Waals surface area contributed by atoms with Crippen molar-refractivity contribution < 1.29 is 27.5 Å². The van der Waals surface area contributed by atoms with Crippen LogP contribution in [0.4, 0.5) is 18.9 Å². The lowest BCUT2D eigenvalue weighted by Gasteiger charge is -2.15. The van der Waals surface area contributed by atoms with E-state index >= 15 is 0 Å². The van der Waals surface area contributed by atoms with Gasteiger partial charge in [0.2, 0.25) is 0 Å². The molecule has 0 aromatic heterocycles. The largest absolute Gasteiger partial charge is 0.455 e. The van der Waals surface area contributed by atoms with E-state index in [-0.39, 0.29) is 10.7 Å². The van der Waals surface area contributed by atoms with E-state index in [1.807, 2.05) is 30.3 Å². The average molecular weight is 398 g/mol. The van der Waals surface area contributed by atoms with Gasteiger partial charge in [-0.1, -0.05) is 41.9 Å². The lowest BCUT2D eigenvalue weighted by atomic mass is 9.96. The van der Waals surface area contributed by atoms with Crippen LogP contribution in [-0.2, 0) is 25.9 Å². The van der Waals surface area contributed by atoms with E-state index in [1.165, 1.54) is 0 Å². The van der Waals surface area contributed by atoms with Crippen LogP contribution < -0.4 is 5.32 Å². The smallest absolute Gasteiger partial charge is 0.416 e. The van der Waals surface area contributed by atoms with Gasteiger partial charge >= 0.3 is 12.1 Å². The van der Waals surface area contributed by atoms with Gasteiger partial charge < -0.3 is 10.1 Å². The molecule has 1 aliphatic rings. The Balaban J connectivity index is 1.62. The molecule has 1 aliphatic carbocycles. The Morgan fingerprint density at radius 2 is 1.78 bits per heavy atom. The average Bonchev–Trinajstić information content (AvgIpc) is 3.43. The molecule has 0 aliphatic heterocycles. The van der Waals surface area contributed by atoms with Crippen molar-refractivity contribution >= 4 is 29.2 Å². The highest BCUT2D eigenvalue weighted by molar-refractivity contribution is 6.33. The van der Waals surface area contributed by atoms with E-state index in [0.717, 1.165) is 23.8 Å². The van der Waals surface area contributed by atoms with Crippen molar-refractivity contribution in [2.45, 2.75) is 24.4 Å². The van der Waals surface area contributed by atoms with Crippen LogP contribution in [0.3, 0.4) is 0 Å². The van der Waals surface area contributed by atoms with E-state index < -0.39 is 35.6 Å². The summed E-state index contributed by atoms with van der Waals surface area (Å²) in [6.07, 6.45) is -3.32. The fourth-order valence-corrected chi connectivity index (χ4v) is 2.91. The summed E-state index contributed by atoms with van der Waals surface area (Å²) in [6.45, 7) is -0.611. The number of amides is 1. The van der Waals surface area contributed by atoms with Gasteiger partial charge in [0.25, 0.3) is 5.91 Å². The molecule has 0 unspecified atom stereocenters. The minimum atomic E-state index is -4.56. The van der Waals surface area contributed by atoms with E-state index in [4.69, 9.17) is 16.3 Å². The van der Waals surface area contributed by atoms with Gasteiger partial charge in [0, 0.05) is 0 Å².